The van der Waals surface area contributed by atoms with E-state index < -0.39 is 0 Å². The molecule has 0 amide bonds. The van der Waals surface area contributed by atoms with E-state index in [1.165, 1.54) is 0 Å². The van der Waals surface area contributed by atoms with E-state index >= 15 is 0 Å². The van der Waals surface area contributed by atoms with Gasteiger partial charge in [-0.1, -0.05) is 18.2 Å². The van der Waals surface area contributed by atoms with Crippen LogP contribution in [0.15, 0.2) is 42.6 Å². The fourth-order valence-corrected chi connectivity index (χ4v) is 2.98. The molecule has 0 radical (unpaired) electrons. The summed E-state index contributed by atoms with van der Waals surface area (Å²) in [6, 6.07) is 12.0. The van der Waals surface area contributed by atoms with Crippen LogP contribution < -0.4 is 9.64 Å². The largest absolute Gasteiger partial charge is 0.489 e. The van der Waals surface area contributed by atoms with E-state index in [0.29, 0.717) is 0 Å². The lowest BCUT2D eigenvalue weighted by molar-refractivity contribution is 0.225. The van der Waals surface area contributed by atoms with Crippen molar-refractivity contribution in [1.29, 1.82) is 0 Å². The van der Waals surface area contributed by atoms with Crippen LogP contribution in [0, 0.1) is 6.92 Å². The number of para-hydroxylation sites is 1. The third kappa shape index (κ3) is 2.39. The number of hydrogen-bond donors (Lipinski definition) is 1. The zero-order valence-corrected chi connectivity index (χ0v) is 12.5. The van der Waals surface area contributed by atoms with Crippen molar-refractivity contribution in [3.8, 4) is 5.75 Å². The maximum absolute atomic E-state index is 6.06. The summed E-state index contributed by atoms with van der Waals surface area (Å²) in [6.07, 6.45) is 3.11. The molecular formula is C17H18N4O. The molecule has 1 fully saturated rings. The second-order valence-corrected chi connectivity index (χ2v) is 5.62. The van der Waals surface area contributed by atoms with Gasteiger partial charge >= 0.3 is 0 Å². The second kappa shape index (κ2) is 5.33. The van der Waals surface area contributed by atoms with Crippen molar-refractivity contribution in [3.63, 3.8) is 0 Å². The van der Waals surface area contributed by atoms with Gasteiger partial charge in [-0.15, -0.1) is 0 Å². The lowest BCUT2D eigenvalue weighted by atomic mass is 10.3. The van der Waals surface area contributed by atoms with Gasteiger partial charge in [0, 0.05) is 19.2 Å². The van der Waals surface area contributed by atoms with Gasteiger partial charge in [-0.25, -0.2) is 9.97 Å². The van der Waals surface area contributed by atoms with Gasteiger partial charge in [0.2, 0.25) is 0 Å². The number of fused-ring (bicyclic) bond motifs is 1. The van der Waals surface area contributed by atoms with Gasteiger partial charge < -0.3 is 14.6 Å². The molecule has 0 unspecified atom stereocenters. The molecule has 2 aromatic heterocycles. The van der Waals surface area contributed by atoms with E-state index in [1.54, 1.807) is 0 Å². The van der Waals surface area contributed by atoms with E-state index in [0.717, 1.165) is 47.9 Å². The van der Waals surface area contributed by atoms with Crippen LogP contribution in [0.1, 0.15) is 12.2 Å². The molecule has 0 bridgehead atoms. The van der Waals surface area contributed by atoms with Crippen LogP contribution in [0.4, 0.5) is 5.82 Å². The van der Waals surface area contributed by atoms with Gasteiger partial charge in [-0.2, -0.15) is 0 Å². The number of hydrogen-bond acceptors (Lipinski definition) is 4. The van der Waals surface area contributed by atoms with Gasteiger partial charge in [-0.3, -0.25) is 0 Å². The Morgan fingerprint density at radius 2 is 2.05 bits per heavy atom. The molecule has 1 aromatic carbocycles. The first-order valence-electron chi connectivity index (χ1n) is 7.58. The summed E-state index contributed by atoms with van der Waals surface area (Å²) in [5.41, 5.74) is 1.97. The highest BCUT2D eigenvalue weighted by atomic mass is 16.5. The number of ether oxygens (including phenoxy) is 1. The Morgan fingerprint density at radius 3 is 2.91 bits per heavy atom. The third-order valence-corrected chi connectivity index (χ3v) is 3.99. The summed E-state index contributed by atoms with van der Waals surface area (Å²) >= 11 is 0. The van der Waals surface area contributed by atoms with Crippen LogP contribution in [0.5, 0.6) is 5.75 Å². The van der Waals surface area contributed by atoms with Gasteiger partial charge in [0.05, 0.1) is 12.1 Å². The van der Waals surface area contributed by atoms with Crippen molar-refractivity contribution in [2.75, 3.05) is 18.0 Å². The monoisotopic (exact) mass is 294 g/mol. The van der Waals surface area contributed by atoms with Crippen molar-refractivity contribution in [1.82, 2.24) is 15.0 Å². The number of aryl methyl sites for hydroxylation is 1. The summed E-state index contributed by atoms with van der Waals surface area (Å²) in [5, 5.41) is 0. The SMILES string of the molecule is Cc1nc(N2CC[C@@H](Oc3ccccc3)C2)c2[nH]ccc2n1. The van der Waals surface area contributed by atoms with Crippen molar-refractivity contribution < 1.29 is 4.74 Å². The molecular weight excluding hydrogens is 276 g/mol. The summed E-state index contributed by atoms with van der Waals surface area (Å²) in [6.45, 7) is 3.73. The Bertz CT molecular complexity index is 784. The summed E-state index contributed by atoms with van der Waals surface area (Å²) < 4.78 is 6.06. The van der Waals surface area contributed by atoms with E-state index in [-0.39, 0.29) is 6.10 Å². The molecule has 112 valence electrons. The summed E-state index contributed by atoms with van der Waals surface area (Å²) in [5.74, 6) is 2.71. The lowest BCUT2D eigenvalue weighted by Gasteiger charge is -2.19. The number of nitrogens with one attached hydrogen (secondary N) is 1. The molecule has 1 saturated heterocycles. The van der Waals surface area contributed by atoms with Crippen LogP contribution in [-0.4, -0.2) is 34.1 Å². The molecule has 3 aromatic rings. The molecule has 1 aliphatic rings. The van der Waals surface area contributed by atoms with E-state index in [2.05, 4.69) is 19.9 Å². The maximum atomic E-state index is 6.06. The number of nitrogens with zero attached hydrogens (tertiary/aromatic N) is 3. The summed E-state index contributed by atoms with van der Waals surface area (Å²) in [7, 11) is 0. The Morgan fingerprint density at radius 1 is 1.18 bits per heavy atom. The van der Waals surface area contributed by atoms with Gasteiger partial charge in [-0.05, 0) is 25.1 Å². The van der Waals surface area contributed by atoms with Crippen LogP contribution in [0.3, 0.4) is 0 Å². The average molecular weight is 294 g/mol. The van der Waals surface area contributed by atoms with Crippen LogP contribution >= 0.6 is 0 Å². The topological polar surface area (TPSA) is 54.0 Å². The highest BCUT2D eigenvalue weighted by molar-refractivity contribution is 5.86. The molecule has 22 heavy (non-hydrogen) atoms. The number of benzene rings is 1. The first kappa shape index (κ1) is 13.1. The Kier molecular flexibility index (Phi) is 3.18. The minimum Gasteiger partial charge on any atom is -0.489 e. The fourth-order valence-electron chi connectivity index (χ4n) is 2.98. The van der Waals surface area contributed by atoms with Gasteiger partial charge in [0.1, 0.15) is 23.2 Å². The highest BCUT2D eigenvalue weighted by Gasteiger charge is 2.27. The number of aromatic nitrogens is 3. The Balaban J connectivity index is 1.56. The molecule has 4 rings (SSSR count). The number of H-pyrrole nitrogens is 1. The molecule has 0 aliphatic carbocycles. The van der Waals surface area contributed by atoms with Crippen molar-refractivity contribution in [2.24, 2.45) is 0 Å². The lowest BCUT2D eigenvalue weighted by Crippen LogP contribution is -2.25. The van der Waals surface area contributed by atoms with E-state index in [9.17, 15) is 0 Å². The van der Waals surface area contributed by atoms with Crippen LogP contribution in [0.2, 0.25) is 0 Å². The summed E-state index contributed by atoms with van der Waals surface area (Å²) in [4.78, 5) is 14.6. The molecule has 3 heterocycles. The second-order valence-electron chi connectivity index (χ2n) is 5.62. The minimum atomic E-state index is 0.197. The predicted octanol–water partition coefficient (Wildman–Crippen LogP) is 2.92. The first-order valence-corrected chi connectivity index (χ1v) is 7.58. The van der Waals surface area contributed by atoms with Gasteiger partial charge in [0.15, 0.2) is 5.82 Å². The zero-order chi connectivity index (χ0) is 14.9. The standard InChI is InChI=1S/C17H18N4O/c1-12-19-15-7-9-18-16(15)17(20-12)21-10-8-14(11-21)22-13-5-3-2-4-6-13/h2-7,9,14,18H,8,10-11H2,1H3/t14-/m1/s1. The molecule has 0 saturated carbocycles. The Labute approximate surface area is 129 Å². The predicted molar refractivity (Wildman–Crippen MR) is 86.3 cm³/mol. The third-order valence-electron chi connectivity index (χ3n) is 3.99. The first-order chi connectivity index (χ1) is 10.8. The fraction of sp³-hybridized carbons (Fsp3) is 0.294. The molecule has 1 aliphatic heterocycles. The molecule has 0 spiro atoms. The molecule has 1 atom stereocenters. The molecule has 1 N–H and O–H groups in total. The van der Waals surface area contributed by atoms with Crippen molar-refractivity contribution >= 4 is 16.9 Å². The highest BCUT2D eigenvalue weighted by Crippen LogP contribution is 2.27. The van der Waals surface area contributed by atoms with Crippen molar-refractivity contribution in [3.05, 3.63) is 48.4 Å². The normalized spacial score (nSPS) is 18.0. The van der Waals surface area contributed by atoms with Gasteiger partial charge in [0.25, 0.3) is 0 Å². The number of rotatable bonds is 3. The van der Waals surface area contributed by atoms with Crippen LogP contribution in [0.25, 0.3) is 11.0 Å². The quantitative estimate of drug-likeness (QED) is 0.807. The molecule has 5 heteroatoms. The van der Waals surface area contributed by atoms with E-state index in [4.69, 9.17) is 4.74 Å². The average Bonchev–Trinajstić information content (AvgIpc) is 3.16. The zero-order valence-electron chi connectivity index (χ0n) is 12.5. The molecule has 5 nitrogen and oxygen atoms in total. The smallest absolute Gasteiger partial charge is 0.156 e. The van der Waals surface area contributed by atoms with E-state index in [1.807, 2.05) is 49.5 Å². The number of anilines is 1. The van der Waals surface area contributed by atoms with Crippen LogP contribution in [-0.2, 0) is 0 Å². The minimum absolute atomic E-state index is 0.197. The Hall–Kier alpha value is -2.56. The van der Waals surface area contributed by atoms with Crippen molar-refractivity contribution in [2.45, 2.75) is 19.4 Å². The maximum Gasteiger partial charge on any atom is 0.156 e. The number of aromatic amines is 1.